The van der Waals surface area contributed by atoms with Crippen LogP contribution in [0.5, 0.6) is 0 Å². The Morgan fingerprint density at radius 3 is 2.88 bits per heavy atom. The van der Waals surface area contributed by atoms with Crippen molar-refractivity contribution in [2.45, 2.75) is 13.5 Å². The average molecular weight is 297 g/mol. The van der Waals surface area contributed by atoms with Crippen LogP contribution in [0.3, 0.4) is 0 Å². The Labute approximate surface area is 106 Å². The summed E-state index contributed by atoms with van der Waals surface area (Å²) in [6.45, 7) is 2.40. The van der Waals surface area contributed by atoms with E-state index in [1.165, 1.54) is 17.1 Å². The van der Waals surface area contributed by atoms with Crippen molar-refractivity contribution in [3.8, 4) is 0 Å². The van der Waals surface area contributed by atoms with Crippen LogP contribution >= 0.6 is 15.9 Å². The average Bonchev–Trinajstić information content (AvgIpc) is 2.72. The Morgan fingerprint density at radius 1 is 1.53 bits per heavy atom. The molecule has 0 aliphatic carbocycles. The smallest absolute Gasteiger partial charge is 0.261 e. The second-order valence-electron chi connectivity index (χ2n) is 3.60. The van der Waals surface area contributed by atoms with Gasteiger partial charge >= 0.3 is 5.69 Å². The second kappa shape index (κ2) is 4.62. The number of nitro groups is 1. The summed E-state index contributed by atoms with van der Waals surface area (Å²) in [7, 11) is 0. The molecule has 0 spiro atoms. The Bertz CT molecular complexity index is 567. The molecule has 88 valence electrons. The molecule has 2 aromatic rings. The second-order valence-corrected chi connectivity index (χ2v) is 4.36. The summed E-state index contributed by atoms with van der Waals surface area (Å²) in [4.78, 5) is 14.2. The van der Waals surface area contributed by atoms with Gasteiger partial charge in [0.15, 0.2) is 0 Å². The van der Waals surface area contributed by atoms with Crippen LogP contribution in [-0.4, -0.2) is 19.7 Å². The van der Waals surface area contributed by atoms with Gasteiger partial charge in [-0.25, -0.2) is 4.98 Å². The minimum atomic E-state index is -0.464. The maximum atomic E-state index is 10.5. The third-order valence-corrected chi connectivity index (χ3v) is 3.08. The molecule has 0 unspecified atom stereocenters. The van der Waals surface area contributed by atoms with Crippen LogP contribution in [-0.2, 0) is 6.54 Å². The highest BCUT2D eigenvalue weighted by Gasteiger charge is 2.09. The molecular formula is C10H9BrN4O2. The molecule has 0 fully saturated rings. The maximum Gasteiger partial charge on any atom is 0.307 e. The number of aromatic nitrogens is 3. The van der Waals surface area contributed by atoms with E-state index in [2.05, 4.69) is 26.0 Å². The fourth-order valence-electron chi connectivity index (χ4n) is 1.42. The summed E-state index contributed by atoms with van der Waals surface area (Å²) >= 11 is 3.32. The third kappa shape index (κ3) is 2.68. The molecule has 0 aliphatic rings. The van der Waals surface area contributed by atoms with E-state index in [9.17, 15) is 10.1 Å². The number of aryl methyl sites for hydroxylation is 1. The first-order valence-electron chi connectivity index (χ1n) is 4.84. The summed E-state index contributed by atoms with van der Waals surface area (Å²) in [5.41, 5.74) is 1.96. The lowest BCUT2D eigenvalue weighted by molar-refractivity contribution is -0.385. The van der Waals surface area contributed by atoms with Crippen molar-refractivity contribution in [1.29, 1.82) is 0 Å². The zero-order chi connectivity index (χ0) is 12.4. The van der Waals surface area contributed by atoms with Gasteiger partial charge in [-0.05, 0) is 40.0 Å². The van der Waals surface area contributed by atoms with Crippen molar-refractivity contribution in [3.63, 3.8) is 0 Å². The van der Waals surface area contributed by atoms with Crippen LogP contribution in [0.25, 0.3) is 0 Å². The molecule has 0 bridgehead atoms. The van der Waals surface area contributed by atoms with Crippen molar-refractivity contribution in [1.82, 2.24) is 14.8 Å². The molecule has 0 saturated carbocycles. The van der Waals surface area contributed by atoms with Gasteiger partial charge in [0.1, 0.15) is 17.0 Å². The quantitative estimate of drug-likeness (QED) is 0.495. The molecule has 0 aromatic carbocycles. The number of nitrogens with zero attached hydrogens (tertiary/aromatic N) is 4. The van der Waals surface area contributed by atoms with Crippen LogP contribution in [0.1, 0.15) is 11.1 Å². The molecule has 0 N–H and O–H groups in total. The Balaban J connectivity index is 2.19. The van der Waals surface area contributed by atoms with Gasteiger partial charge in [-0.1, -0.05) is 0 Å². The molecule has 2 rings (SSSR count). The van der Waals surface area contributed by atoms with Crippen molar-refractivity contribution >= 4 is 21.6 Å². The van der Waals surface area contributed by atoms with E-state index in [4.69, 9.17) is 0 Å². The fourth-order valence-corrected chi connectivity index (χ4v) is 1.64. The molecule has 0 atom stereocenters. The highest BCUT2D eigenvalue weighted by atomic mass is 79.9. The normalized spacial score (nSPS) is 10.5. The van der Waals surface area contributed by atoms with Gasteiger partial charge in [-0.15, -0.1) is 0 Å². The largest absolute Gasteiger partial charge is 0.307 e. The van der Waals surface area contributed by atoms with Crippen molar-refractivity contribution < 1.29 is 4.92 Å². The van der Waals surface area contributed by atoms with Gasteiger partial charge in [0.2, 0.25) is 0 Å². The summed E-state index contributed by atoms with van der Waals surface area (Å²) < 4.78 is 2.32. The zero-order valence-electron chi connectivity index (χ0n) is 9.00. The minimum Gasteiger partial charge on any atom is -0.261 e. The fraction of sp³-hybridized carbons (Fsp3) is 0.200. The lowest BCUT2D eigenvalue weighted by atomic mass is 10.2. The van der Waals surface area contributed by atoms with Crippen molar-refractivity contribution in [3.05, 3.63) is 50.5 Å². The summed E-state index contributed by atoms with van der Waals surface area (Å²) in [5.74, 6) is 0. The molecule has 17 heavy (non-hydrogen) atoms. The standard InChI is InChI=1S/C10H9BrN4O2/c1-7-2-8(3-12-10(7)11)5-14-6-9(4-13-14)15(16)17/h2-4,6H,5H2,1H3. The Hall–Kier alpha value is -1.76. The van der Waals surface area contributed by atoms with Crippen LogP contribution in [0.15, 0.2) is 29.3 Å². The third-order valence-electron chi connectivity index (χ3n) is 2.25. The maximum absolute atomic E-state index is 10.5. The highest BCUT2D eigenvalue weighted by molar-refractivity contribution is 9.10. The van der Waals surface area contributed by atoms with Crippen LogP contribution < -0.4 is 0 Å². The van der Waals surface area contributed by atoms with Gasteiger partial charge in [0.25, 0.3) is 0 Å². The van der Waals surface area contributed by atoms with Crippen molar-refractivity contribution in [2.75, 3.05) is 0 Å². The molecule has 6 nitrogen and oxygen atoms in total. The predicted octanol–water partition coefficient (Wildman–Crippen LogP) is 2.31. The van der Waals surface area contributed by atoms with Crippen molar-refractivity contribution in [2.24, 2.45) is 0 Å². The number of halogens is 1. The topological polar surface area (TPSA) is 73.8 Å². The van der Waals surface area contributed by atoms with Gasteiger partial charge < -0.3 is 0 Å². The number of rotatable bonds is 3. The molecule has 2 aromatic heterocycles. The zero-order valence-corrected chi connectivity index (χ0v) is 10.6. The van der Waals surface area contributed by atoms with E-state index >= 15 is 0 Å². The summed E-state index contributed by atoms with van der Waals surface area (Å²) in [5, 5.41) is 14.4. The number of hydrogen-bond acceptors (Lipinski definition) is 4. The first-order chi connectivity index (χ1) is 8.06. The predicted molar refractivity (Wildman–Crippen MR) is 64.7 cm³/mol. The van der Waals surface area contributed by atoms with Gasteiger partial charge in [-0.3, -0.25) is 14.8 Å². The monoisotopic (exact) mass is 296 g/mol. The first kappa shape index (κ1) is 11.7. The Morgan fingerprint density at radius 2 is 2.29 bits per heavy atom. The van der Waals surface area contributed by atoms with Crippen LogP contribution in [0.4, 0.5) is 5.69 Å². The molecule has 0 saturated heterocycles. The molecule has 2 heterocycles. The van der Waals surface area contributed by atoms with Crippen LogP contribution in [0.2, 0.25) is 0 Å². The van der Waals surface area contributed by atoms with E-state index in [0.29, 0.717) is 6.54 Å². The molecule has 0 amide bonds. The Kier molecular flexibility index (Phi) is 3.19. The molecule has 0 aliphatic heterocycles. The van der Waals surface area contributed by atoms with Gasteiger partial charge in [0, 0.05) is 6.20 Å². The van der Waals surface area contributed by atoms with E-state index in [0.717, 1.165) is 15.7 Å². The SMILES string of the molecule is Cc1cc(Cn2cc([N+](=O)[O-])cn2)cnc1Br. The summed E-state index contributed by atoms with van der Waals surface area (Å²) in [6.07, 6.45) is 4.35. The van der Waals surface area contributed by atoms with E-state index in [-0.39, 0.29) is 5.69 Å². The molecule has 0 radical (unpaired) electrons. The first-order valence-corrected chi connectivity index (χ1v) is 5.63. The van der Waals surface area contributed by atoms with Gasteiger partial charge in [-0.2, -0.15) is 5.10 Å². The molecular weight excluding hydrogens is 288 g/mol. The van der Waals surface area contributed by atoms with E-state index < -0.39 is 4.92 Å². The van der Waals surface area contributed by atoms with Crippen LogP contribution in [0, 0.1) is 17.0 Å². The van der Waals surface area contributed by atoms with E-state index in [1.807, 2.05) is 13.0 Å². The van der Waals surface area contributed by atoms with Gasteiger partial charge in [0.05, 0.1) is 11.5 Å². The highest BCUT2D eigenvalue weighted by Crippen LogP contribution is 2.15. The lowest BCUT2D eigenvalue weighted by Crippen LogP contribution is -2.01. The minimum absolute atomic E-state index is 0.00760. The summed E-state index contributed by atoms with van der Waals surface area (Å²) in [6, 6.07) is 1.96. The molecule has 7 heteroatoms. The number of hydrogen-bond donors (Lipinski definition) is 0. The number of pyridine rings is 1. The lowest BCUT2D eigenvalue weighted by Gasteiger charge is -2.03. The van der Waals surface area contributed by atoms with E-state index in [1.54, 1.807) is 6.20 Å².